The van der Waals surface area contributed by atoms with Crippen molar-refractivity contribution in [1.82, 2.24) is 15.2 Å². The Morgan fingerprint density at radius 1 is 1.19 bits per heavy atom. The second kappa shape index (κ2) is 9.24. The number of carbonyl (C=O) groups excluding carboxylic acids is 1. The van der Waals surface area contributed by atoms with E-state index in [1.54, 1.807) is 17.0 Å². The molecule has 8 heteroatoms. The maximum Gasteiger partial charge on any atom is 0.247 e. The molecule has 0 fully saturated rings. The van der Waals surface area contributed by atoms with Crippen molar-refractivity contribution in [2.45, 2.75) is 45.5 Å². The third kappa shape index (κ3) is 4.46. The lowest BCUT2D eigenvalue weighted by Crippen LogP contribution is -2.36. The molecule has 2 heterocycles. The van der Waals surface area contributed by atoms with E-state index in [4.69, 9.17) is 4.74 Å². The van der Waals surface area contributed by atoms with Gasteiger partial charge in [-0.25, -0.2) is 4.39 Å². The number of hydrogen-bond acceptors (Lipinski definition) is 6. The summed E-state index contributed by atoms with van der Waals surface area (Å²) in [6, 6.07) is 11.8. The van der Waals surface area contributed by atoms with Crippen LogP contribution in [0, 0.1) is 11.7 Å². The van der Waals surface area contributed by atoms with Gasteiger partial charge in [0.25, 0.3) is 0 Å². The van der Waals surface area contributed by atoms with Crippen molar-refractivity contribution in [3.63, 3.8) is 0 Å². The predicted octanol–water partition coefficient (Wildman–Crippen LogP) is 5.43. The van der Waals surface area contributed by atoms with E-state index < -0.39 is 6.23 Å². The first-order valence-electron chi connectivity index (χ1n) is 10.6. The zero-order chi connectivity index (χ0) is 22.8. The monoisotopic (exact) mass is 452 g/mol. The first-order valence-corrected chi connectivity index (χ1v) is 11.6. The minimum atomic E-state index is -0.819. The molecule has 1 atom stereocenters. The van der Waals surface area contributed by atoms with Crippen molar-refractivity contribution in [3.05, 3.63) is 59.4 Å². The van der Waals surface area contributed by atoms with E-state index in [0.717, 1.165) is 23.3 Å². The number of benzene rings is 2. The van der Waals surface area contributed by atoms with Crippen LogP contribution in [0.4, 0.5) is 10.1 Å². The van der Waals surface area contributed by atoms with Crippen molar-refractivity contribution in [2.24, 2.45) is 5.92 Å². The topological polar surface area (TPSA) is 68.2 Å². The zero-order valence-electron chi connectivity index (χ0n) is 18.5. The number of hydrogen-bond donors (Lipinski definition) is 0. The lowest BCUT2D eigenvalue weighted by atomic mass is 10.0. The summed E-state index contributed by atoms with van der Waals surface area (Å²) in [5.74, 6) is 1.05. The van der Waals surface area contributed by atoms with Crippen molar-refractivity contribution in [3.8, 4) is 17.1 Å². The van der Waals surface area contributed by atoms with Gasteiger partial charge in [0.2, 0.25) is 23.2 Å². The van der Waals surface area contributed by atoms with Crippen LogP contribution in [0.3, 0.4) is 0 Å². The summed E-state index contributed by atoms with van der Waals surface area (Å²) in [5, 5.41) is 9.28. The molecule has 0 aliphatic carbocycles. The smallest absolute Gasteiger partial charge is 0.247 e. The van der Waals surface area contributed by atoms with Crippen LogP contribution in [-0.2, 0) is 11.2 Å². The molecule has 0 saturated heterocycles. The lowest BCUT2D eigenvalue weighted by Gasteiger charge is -2.30. The first-order chi connectivity index (χ1) is 15.4. The Morgan fingerprint density at radius 2 is 1.94 bits per heavy atom. The summed E-state index contributed by atoms with van der Waals surface area (Å²) < 4.78 is 19.9. The molecule has 1 aromatic heterocycles. The van der Waals surface area contributed by atoms with E-state index >= 15 is 0 Å². The number of anilines is 1. The van der Waals surface area contributed by atoms with Crippen LogP contribution in [-0.4, -0.2) is 26.8 Å². The third-order valence-corrected chi connectivity index (χ3v) is 6.38. The van der Waals surface area contributed by atoms with Gasteiger partial charge in [0, 0.05) is 23.8 Å². The summed E-state index contributed by atoms with van der Waals surface area (Å²) in [6.07, 6.45) is 0.00826. The number of aryl methyl sites for hydroxylation is 1. The van der Waals surface area contributed by atoms with Crippen LogP contribution >= 0.6 is 11.8 Å². The fraction of sp³-hybridized carbons (Fsp3) is 0.333. The molecule has 0 radical (unpaired) electrons. The Bertz CT molecular complexity index is 1140. The minimum absolute atomic E-state index is 0.208. The highest BCUT2D eigenvalue weighted by Gasteiger charge is 2.34. The Kier molecular flexibility index (Phi) is 6.41. The number of nitrogens with zero attached hydrogens (tertiary/aromatic N) is 4. The van der Waals surface area contributed by atoms with Crippen LogP contribution in [0.2, 0.25) is 0 Å². The summed E-state index contributed by atoms with van der Waals surface area (Å²) in [4.78, 5) is 19.0. The van der Waals surface area contributed by atoms with E-state index in [9.17, 15) is 9.18 Å². The molecule has 0 N–H and O–H groups in total. The maximum absolute atomic E-state index is 13.6. The van der Waals surface area contributed by atoms with Crippen molar-refractivity contribution >= 4 is 23.4 Å². The Labute approximate surface area is 191 Å². The van der Waals surface area contributed by atoms with Crippen LogP contribution in [0.5, 0.6) is 5.88 Å². The van der Waals surface area contributed by atoms with Gasteiger partial charge >= 0.3 is 0 Å². The maximum atomic E-state index is 13.6. The van der Waals surface area contributed by atoms with Crippen LogP contribution in [0.25, 0.3) is 11.3 Å². The second-order valence-corrected chi connectivity index (χ2v) is 9.06. The van der Waals surface area contributed by atoms with Gasteiger partial charge in [0.05, 0.1) is 5.69 Å². The third-order valence-electron chi connectivity index (χ3n) is 5.12. The number of fused-ring (bicyclic) bond motifs is 3. The molecule has 2 aromatic carbocycles. The summed E-state index contributed by atoms with van der Waals surface area (Å²) in [5.41, 5.74) is 3.61. The van der Waals surface area contributed by atoms with Gasteiger partial charge in [0.1, 0.15) is 5.82 Å². The molecule has 1 aliphatic heterocycles. The quantitative estimate of drug-likeness (QED) is 0.481. The summed E-state index contributed by atoms with van der Waals surface area (Å²) in [6.45, 7) is 7.79. The predicted molar refractivity (Wildman–Crippen MR) is 123 cm³/mol. The minimum Gasteiger partial charge on any atom is -0.447 e. The van der Waals surface area contributed by atoms with Crippen molar-refractivity contribution in [2.75, 3.05) is 10.7 Å². The fourth-order valence-electron chi connectivity index (χ4n) is 3.52. The van der Waals surface area contributed by atoms with Gasteiger partial charge in [-0.3, -0.25) is 9.69 Å². The van der Waals surface area contributed by atoms with E-state index in [1.807, 2.05) is 18.2 Å². The molecule has 0 spiro atoms. The molecule has 1 amide bonds. The standard InChI is InChI=1S/C24H25FN4O2S/c1-5-16-6-11-20-19(12-16)21-22(26-24(28-27-21)32-13-14(2)3)31-23(29(20)15(4)30)17-7-9-18(25)10-8-17/h6-12,14,23H,5,13H2,1-4H3/t23-/m1/s1. The Morgan fingerprint density at radius 3 is 2.59 bits per heavy atom. The van der Waals surface area contributed by atoms with Crippen LogP contribution < -0.4 is 9.64 Å². The molecule has 0 saturated carbocycles. The SMILES string of the molecule is CCc1ccc2c(c1)-c1nnc(SCC(C)C)nc1O[C@H](c1ccc(F)cc1)N2C(C)=O. The Balaban J connectivity index is 1.90. The van der Waals surface area contributed by atoms with E-state index in [1.165, 1.54) is 30.8 Å². The van der Waals surface area contributed by atoms with E-state index in [0.29, 0.717) is 33.9 Å². The molecular formula is C24H25FN4O2S. The molecule has 0 unspecified atom stereocenters. The molecule has 6 nitrogen and oxygen atoms in total. The first kappa shape index (κ1) is 22.2. The second-order valence-electron chi connectivity index (χ2n) is 8.07. The van der Waals surface area contributed by atoms with Gasteiger partial charge in [-0.05, 0) is 42.2 Å². The molecule has 32 heavy (non-hydrogen) atoms. The molecule has 166 valence electrons. The molecule has 0 bridgehead atoms. The van der Waals surface area contributed by atoms with Gasteiger partial charge < -0.3 is 4.74 Å². The van der Waals surface area contributed by atoms with E-state index in [2.05, 4.69) is 36.0 Å². The number of halogens is 1. The number of ether oxygens (including phenoxy) is 1. The highest BCUT2D eigenvalue weighted by molar-refractivity contribution is 7.99. The molecule has 3 aromatic rings. The van der Waals surface area contributed by atoms with Crippen LogP contribution in [0.1, 0.15) is 45.0 Å². The van der Waals surface area contributed by atoms with E-state index in [-0.39, 0.29) is 11.7 Å². The summed E-state index contributed by atoms with van der Waals surface area (Å²) in [7, 11) is 0. The average molecular weight is 453 g/mol. The van der Waals surface area contributed by atoms with Gasteiger partial charge in [-0.1, -0.05) is 50.7 Å². The van der Waals surface area contributed by atoms with Crippen LogP contribution in [0.15, 0.2) is 47.6 Å². The van der Waals surface area contributed by atoms with Crippen molar-refractivity contribution in [1.29, 1.82) is 0 Å². The number of thioether (sulfide) groups is 1. The highest BCUT2D eigenvalue weighted by Crippen LogP contribution is 2.44. The average Bonchev–Trinajstić information content (AvgIpc) is 2.91. The normalized spacial score (nSPS) is 15.1. The largest absolute Gasteiger partial charge is 0.447 e. The number of carbonyl (C=O) groups is 1. The number of aromatic nitrogens is 3. The molecule has 1 aliphatic rings. The van der Waals surface area contributed by atoms with Gasteiger partial charge in [0.15, 0.2) is 5.69 Å². The highest BCUT2D eigenvalue weighted by atomic mass is 32.2. The van der Waals surface area contributed by atoms with Crippen molar-refractivity contribution < 1.29 is 13.9 Å². The number of rotatable bonds is 5. The zero-order valence-corrected chi connectivity index (χ0v) is 19.3. The number of amides is 1. The van der Waals surface area contributed by atoms with Gasteiger partial charge in [-0.15, -0.1) is 10.2 Å². The summed E-state index contributed by atoms with van der Waals surface area (Å²) >= 11 is 1.51. The molecule has 4 rings (SSSR count). The lowest BCUT2D eigenvalue weighted by molar-refractivity contribution is -0.118. The fourth-order valence-corrected chi connectivity index (χ4v) is 4.25. The molecular weight excluding hydrogens is 427 g/mol. The van der Waals surface area contributed by atoms with Gasteiger partial charge in [-0.2, -0.15) is 4.98 Å². The Hall–Kier alpha value is -3.00.